The van der Waals surface area contributed by atoms with Gasteiger partial charge in [-0.15, -0.1) is 0 Å². The molecule has 1 aromatic carbocycles. The monoisotopic (exact) mass is 150 g/mol. The highest BCUT2D eigenvalue weighted by molar-refractivity contribution is 5.75. The molecule has 0 radical (unpaired) electrons. The zero-order chi connectivity index (χ0) is 6.10. The summed E-state index contributed by atoms with van der Waals surface area (Å²) < 4.78 is 0. The molecule has 3 heteroatoms. The first kappa shape index (κ1) is 7.02. The third-order valence-electron chi connectivity index (χ3n) is 1.33. The molecule has 0 spiro atoms. The fourth-order valence-electron chi connectivity index (χ4n) is 0.880. The van der Waals surface area contributed by atoms with Gasteiger partial charge in [0.05, 0.1) is 17.4 Å². The van der Waals surface area contributed by atoms with Crippen LogP contribution in [0.25, 0.3) is 11.0 Å². The van der Waals surface area contributed by atoms with Crippen LogP contribution in [0.2, 0.25) is 0 Å². The predicted octanol–water partition coefficient (Wildman–Crippen LogP) is 0.111. The highest BCUT2D eigenvalue weighted by Gasteiger charge is 1.88. The van der Waals surface area contributed by atoms with E-state index in [9.17, 15) is 0 Å². The van der Waals surface area contributed by atoms with Crippen molar-refractivity contribution in [1.82, 2.24) is 9.97 Å². The van der Waals surface area contributed by atoms with Gasteiger partial charge in [-0.05, 0) is 23.1 Å². The number of nitrogens with zero attached hydrogens (tertiary/aromatic N) is 1. The van der Waals surface area contributed by atoms with Crippen LogP contribution in [-0.2, 0) is 0 Å². The first-order chi connectivity index (χ1) is 4.47. The van der Waals surface area contributed by atoms with E-state index in [1.165, 1.54) is 0 Å². The zero-order valence-electron chi connectivity index (χ0n) is 4.83. The number of aromatic amines is 1. The highest BCUT2D eigenvalue weighted by Crippen LogP contribution is 2.05. The molecular weight excluding hydrogens is 140 g/mol. The summed E-state index contributed by atoms with van der Waals surface area (Å²) in [5, 5.41) is 0. The van der Waals surface area contributed by atoms with Gasteiger partial charge in [-0.25, -0.2) is 4.98 Å². The summed E-state index contributed by atoms with van der Waals surface area (Å²) >= 11 is 0. The van der Waals surface area contributed by atoms with Crippen molar-refractivity contribution in [1.29, 1.82) is 0 Å². The Hall–Kier alpha value is -1.09. The maximum absolute atomic E-state index is 4.06. The first-order valence-corrected chi connectivity index (χ1v) is 2.85. The van der Waals surface area contributed by atoms with E-state index in [-0.39, 0.29) is 11.0 Å². The van der Waals surface area contributed by atoms with Crippen LogP contribution in [0.3, 0.4) is 0 Å². The minimum absolute atomic E-state index is 0. The molecule has 0 fully saturated rings. The Morgan fingerprint density at radius 3 is 2.80 bits per heavy atom. The Balaban J connectivity index is 0.000000500. The van der Waals surface area contributed by atoms with Crippen LogP contribution >= 0.6 is 0 Å². The van der Waals surface area contributed by atoms with E-state index in [1.54, 1.807) is 6.33 Å². The minimum atomic E-state index is 0. The van der Waals surface area contributed by atoms with E-state index < -0.39 is 0 Å². The van der Waals surface area contributed by atoms with Gasteiger partial charge in [0.15, 0.2) is 0 Å². The van der Waals surface area contributed by atoms with E-state index in [1.807, 2.05) is 24.3 Å². The Morgan fingerprint density at radius 1 is 1.20 bits per heavy atom. The van der Waals surface area contributed by atoms with Gasteiger partial charge in [0.1, 0.15) is 0 Å². The second-order valence-electron chi connectivity index (χ2n) is 1.92. The molecule has 0 saturated carbocycles. The lowest BCUT2D eigenvalue weighted by Crippen LogP contribution is -1.63. The molecule has 10 heavy (non-hydrogen) atoms. The van der Waals surface area contributed by atoms with E-state index >= 15 is 0 Å². The van der Waals surface area contributed by atoms with Crippen molar-refractivity contribution in [3.8, 4) is 0 Å². The number of para-hydroxylation sites is 2. The van der Waals surface area contributed by atoms with Crippen LogP contribution < -0.4 is 0 Å². The van der Waals surface area contributed by atoms with E-state index in [2.05, 4.69) is 9.97 Å². The van der Waals surface area contributed by atoms with E-state index in [0.29, 0.717) is 0 Å². The van der Waals surface area contributed by atoms with Crippen LogP contribution in [0.15, 0.2) is 30.6 Å². The number of nitrogens with one attached hydrogen (secondary N) is 1. The first-order valence-electron chi connectivity index (χ1n) is 2.85. The molecule has 0 saturated heterocycles. The number of fused-ring (bicyclic) bond motifs is 1. The smallest absolute Gasteiger partial charge is 0.0931 e. The van der Waals surface area contributed by atoms with Gasteiger partial charge >= 0.3 is 0 Å². The molecule has 0 aliphatic rings. The molecule has 2 rings (SSSR count). The van der Waals surface area contributed by atoms with Crippen molar-refractivity contribution in [2.75, 3.05) is 0 Å². The van der Waals surface area contributed by atoms with E-state index in [0.717, 1.165) is 11.0 Å². The number of hydrogen-bond acceptors (Lipinski definition) is 1. The average molecular weight is 150 g/mol. The maximum Gasteiger partial charge on any atom is 0.0931 e. The quantitative estimate of drug-likeness (QED) is 0.531. The van der Waals surface area contributed by atoms with Crippen LogP contribution in [0.5, 0.6) is 0 Å². The normalized spacial score (nSPS) is 9.20. The summed E-state index contributed by atoms with van der Waals surface area (Å²) in [6, 6.07) is 7.94. The SMILES string of the molecule is [SiH4].c1ccc2[nH]cnc2c1. The lowest BCUT2D eigenvalue weighted by Gasteiger charge is -1.81. The van der Waals surface area contributed by atoms with Crippen LogP contribution in [0.1, 0.15) is 0 Å². The van der Waals surface area contributed by atoms with Crippen molar-refractivity contribution in [3.63, 3.8) is 0 Å². The van der Waals surface area contributed by atoms with Crippen LogP contribution in [-0.4, -0.2) is 20.9 Å². The van der Waals surface area contributed by atoms with Gasteiger partial charge in [0, 0.05) is 0 Å². The van der Waals surface area contributed by atoms with Crippen LogP contribution in [0, 0.1) is 0 Å². The number of H-pyrrole nitrogens is 1. The standard InChI is InChI=1S/C7H6N2.H4Si/c1-2-4-7-6(3-1)8-5-9-7;/h1-5H,(H,8,9);1H4. The molecular formula is C7H10N2Si. The summed E-state index contributed by atoms with van der Waals surface area (Å²) in [6.07, 6.45) is 1.70. The topological polar surface area (TPSA) is 28.7 Å². The number of hydrogen-bond donors (Lipinski definition) is 1. The number of benzene rings is 1. The largest absolute Gasteiger partial charge is 0.345 e. The predicted molar refractivity (Wildman–Crippen MR) is 47.4 cm³/mol. The number of aromatic nitrogens is 2. The van der Waals surface area contributed by atoms with Gasteiger partial charge in [-0.3, -0.25) is 0 Å². The molecule has 0 atom stereocenters. The van der Waals surface area contributed by atoms with Crippen molar-refractivity contribution in [2.24, 2.45) is 0 Å². The summed E-state index contributed by atoms with van der Waals surface area (Å²) in [5.41, 5.74) is 2.12. The highest BCUT2D eigenvalue weighted by atomic mass is 28.1. The van der Waals surface area contributed by atoms with Crippen molar-refractivity contribution in [2.45, 2.75) is 0 Å². The molecule has 2 nitrogen and oxygen atoms in total. The second-order valence-corrected chi connectivity index (χ2v) is 1.92. The number of imidazole rings is 1. The van der Waals surface area contributed by atoms with Gasteiger partial charge in [0.2, 0.25) is 0 Å². The Kier molecular flexibility index (Phi) is 1.87. The Labute approximate surface area is 63.3 Å². The third kappa shape index (κ3) is 0.952. The fourth-order valence-corrected chi connectivity index (χ4v) is 0.880. The fraction of sp³-hybridized carbons (Fsp3) is 0. The van der Waals surface area contributed by atoms with Crippen molar-refractivity contribution >= 4 is 22.0 Å². The molecule has 0 aliphatic heterocycles. The van der Waals surface area contributed by atoms with Gasteiger partial charge in [-0.1, -0.05) is 12.1 Å². The average Bonchev–Trinajstić information content (AvgIpc) is 2.33. The van der Waals surface area contributed by atoms with Gasteiger partial charge in [-0.2, -0.15) is 0 Å². The summed E-state index contributed by atoms with van der Waals surface area (Å²) in [7, 11) is 0. The summed E-state index contributed by atoms with van der Waals surface area (Å²) in [5.74, 6) is 0. The molecule has 1 aromatic heterocycles. The molecule has 0 amide bonds. The lowest BCUT2D eigenvalue weighted by atomic mass is 10.3. The minimum Gasteiger partial charge on any atom is -0.345 e. The Bertz CT molecular complexity index is 286. The molecule has 0 aliphatic carbocycles. The molecule has 1 N–H and O–H groups in total. The molecule has 2 aromatic rings. The maximum atomic E-state index is 4.06. The van der Waals surface area contributed by atoms with Crippen molar-refractivity contribution in [3.05, 3.63) is 30.6 Å². The summed E-state index contributed by atoms with van der Waals surface area (Å²) in [4.78, 5) is 7.07. The Morgan fingerprint density at radius 2 is 2.00 bits per heavy atom. The lowest BCUT2D eigenvalue weighted by molar-refractivity contribution is 1.34. The summed E-state index contributed by atoms with van der Waals surface area (Å²) in [6.45, 7) is 0. The van der Waals surface area contributed by atoms with E-state index in [4.69, 9.17) is 0 Å². The van der Waals surface area contributed by atoms with Gasteiger partial charge < -0.3 is 4.98 Å². The zero-order valence-corrected chi connectivity index (χ0v) is 4.83. The third-order valence-corrected chi connectivity index (χ3v) is 1.33. The molecule has 0 bridgehead atoms. The number of rotatable bonds is 0. The van der Waals surface area contributed by atoms with Crippen LogP contribution in [0.4, 0.5) is 0 Å². The molecule has 52 valence electrons. The molecule has 0 unspecified atom stereocenters. The van der Waals surface area contributed by atoms with Crippen molar-refractivity contribution < 1.29 is 0 Å². The molecule has 1 heterocycles. The second kappa shape index (κ2) is 2.66. The van der Waals surface area contributed by atoms with Gasteiger partial charge in [0.25, 0.3) is 0 Å².